The molecule has 0 unspecified atom stereocenters. The number of hydrogen-bond donors (Lipinski definition) is 1. The van der Waals surface area contributed by atoms with Gasteiger partial charge >= 0.3 is 0 Å². The Kier molecular flexibility index (Phi) is 3.98. The predicted octanol–water partition coefficient (Wildman–Crippen LogP) is 3.08. The van der Waals surface area contributed by atoms with Gasteiger partial charge in [-0.15, -0.1) is 0 Å². The average Bonchev–Trinajstić information content (AvgIpc) is 2.30. The number of H-pyrrole nitrogens is 1. The van der Waals surface area contributed by atoms with Gasteiger partial charge in [-0.3, -0.25) is 4.98 Å². The van der Waals surface area contributed by atoms with Crippen molar-refractivity contribution in [3.05, 3.63) is 52.3 Å². The first kappa shape index (κ1) is 11.9. The van der Waals surface area contributed by atoms with E-state index in [1.807, 2.05) is 18.2 Å². The van der Waals surface area contributed by atoms with Crippen molar-refractivity contribution in [3.8, 4) is 0 Å². The summed E-state index contributed by atoms with van der Waals surface area (Å²) in [5.74, 6) is 0.923. The first-order chi connectivity index (χ1) is 8.28. The van der Waals surface area contributed by atoms with Crippen molar-refractivity contribution in [1.82, 2.24) is 15.0 Å². The molecule has 0 saturated carbocycles. The molecule has 0 aliphatic rings. The smallest absolute Gasteiger partial charge is 0.130 e. The summed E-state index contributed by atoms with van der Waals surface area (Å²) in [6.45, 7) is 2.15. The predicted molar refractivity (Wildman–Crippen MR) is 70.5 cm³/mol. The molecule has 0 amide bonds. The van der Waals surface area contributed by atoms with Gasteiger partial charge in [0.15, 0.2) is 0 Å². The second-order valence-corrected chi connectivity index (χ2v) is 4.39. The average molecular weight is 245 g/mol. The van der Waals surface area contributed by atoms with Crippen LogP contribution in [-0.4, -0.2) is 15.0 Å². The van der Waals surface area contributed by atoms with Gasteiger partial charge < -0.3 is 4.98 Å². The zero-order valence-electron chi connectivity index (χ0n) is 9.81. The summed E-state index contributed by atoms with van der Waals surface area (Å²) in [5.41, 5.74) is 2.35. The first-order valence-corrected chi connectivity index (χ1v) is 6.17. The van der Waals surface area contributed by atoms with Crippen molar-refractivity contribution in [2.24, 2.45) is 0 Å². The van der Waals surface area contributed by atoms with Crippen LogP contribution in [0, 0.1) is 4.64 Å². The number of nitrogens with one attached hydrogen (secondary N) is 1. The van der Waals surface area contributed by atoms with E-state index in [0.717, 1.165) is 30.8 Å². The fourth-order valence-electron chi connectivity index (χ4n) is 1.75. The van der Waals surface area contributed by atoms with Gasteiger partial charge in [0, 0.05) is 24.5 Å². The standard InChI is InChI=1S/C13H15N3S/c1-2-3-11-9-13(17)16-12(15-11)8-10-4-6-14-7-5-10/h4-7,9H,2-3,8H2,1H3,(H,15,16,17). The topological polar surface area (TPSA) is 41.6 Å². The van der Waals surface area contributed by atoms with Crippen molar-refractivity contribution >= 4 is 12.2 Å². The number of pyridine rings is 1. The second-order valence-electron chi connectivity index (χ2n) is 3.97. The molecule has 2 heterocycles. The third-order valence-corrected chi connectivity index (χ3v) is 2.70. The quantitative estimate of drug-likeness (QED) is 0.842. The molecule has 0 spiro atoms. The summed E-state index contributed by atoms with van der Waals surface area (Å²) in [6, 6.07) is 5.92. The van der Waals surface area contributed by atoms with E-state index in [4.69, 9.17) is 12.2 Å². The van der Waals surface area contributed by atoms with Gasteiger partial charge in [-0.1, -0.05) is 25.6 Å². The van der Waals surface area contributed by atoms with Gasteiger partial charge in [-0.25, -0.2) is 4.98 Å². The molecule has 0 fully saturated rings. The van der Waals surface area contributed by atoms with Crippen LogP contribution >= 0.6 is 12.2 Å². The Labute approximate surface area is 106 Å². The molecule has 3 nitrogen and oxygen atoms in total. The van der Waals surface area contributed by atoms with Gasteiger partial charge in [0.1, 0.15) is 10.5 Å². The lowest BCUT2D eigenvalue weighted by molar-refractivity contribution is 0.837. The summed E-state index contributed by atoms with van der Waals surface area (Å²) >= 11 is 5.17. The molecular weight excluding hydrogens is 230 g/mol. The van der Waals surface area contributed by atoms with Crippen molar-refractivity contribution < 1.29 is 0 Å². The van der Waals surface area contributed by atoms with Crippen LogP contribution < -0.4 is 0 Å². The maximum atomic E-state index is 5.17. The number of aromatic amines is 1. The van der Waals surface area contributed by atoms with Crippen LogP contribution in [0.2, 0.25) is 0 Å². The molecular formula is C13H15N3S. The van der Waals surface area contributed by atoms with E-state index in [1.54, 1.807) is 12.4 Å². The Morgan fingerprint density at radius 2 is 2.06 bits per heavy atom. The molecule has 0 saturated heterocycles. The van der Waals surface area contributed by atoms with E-state index in [1.165, 1.54) is 5.56 Å². The highest BCUT2D eigenvalue weighted by Gasteiger charge is 2.00. The van der Waals surface area contributed by atoms with E-state index in [9.17, 15) is 0 Å². The number of aromatic nitrogens is 3. The Bertz CT molecular complexity index is 534. The highest BCUT2D eigenvalue weighted by Crippen LogP contribution is 2.06. The van der Waals surface area contributed by atoms with E-state index >= 15 is 0 Å². The largest absolute Gasteiger partial charge is 0.347 e. The molecule has 4 heteroatoms. The molecule has 2 aromatic rings. The van der Waals surface area contributed by atoms with Crippen molar-refractivity contribution in [1.29, 1.82) is 0 Å². The van der Waals surface area contributed by atoms with Crippen LogP contribution in [0.15, 0.2) is 30.6 Å². The Hall–Kier alpha value is -1.55. The summed E-state index contributed by atoms with van der Waals surface area (Å²) in [5, 5.41) is 0. The first-order valence-electron chi connectivity index (χ1n) is 5.76. The molecule has 0 atom stereocenters. The Morgan fingerprint density at radius 3 is 2.76 bits per heavy atom. The van der Waals surface area contributed by atoms with E-state index in [-0.39, 0.29) is 0 Å². The summed E-state index contributed by atoms with van der Waals surface area (Å²) in [6.07, 6.45) is 6.46. The Morgan fingerprint density at radius 1 is 1.29 bits per heavy atom. The van der Waals surface area contributed by atoms with Crippen LogP contribution in [0.25, 0.3) is 0 Å². The zero-order valence-corrected chi connectivity index (χ0v) is 10.6. The molecule has 0 radical (unpaired) electrons. The number of nitrogens with zero attached hydrogens (tertiary/aromatic N) is 2. The lowest BCUT2D eigenvalue weighted by atomic mass is 10.2. The van der Waals surface area contributed by atoms with E-state index < -0.39 is 0 Å². The summed E-state index contributed by atoms with van der Waals surface area (Å²) in [4.78, 5) is 11.7. The molecule has 0 aliphatic carbocycles. The molecule has 0 bridgehead atoms. The van der Waals surface area contributed by atoms with Crippen molar-refractivity contribution in [3.63, 3.8) is 0 Å². The SMILES string of the molecule is CCCc1cc(=S)nc(Cc2ccncc2)[nH]1. The molecule has 1 N–H and O–H groups in total. The maximum Gasteiger partial charge on any atom is 0.130 e. The van der Waals surface area contributed by atoms with Crippen molar-refractivity contribution in [2.45, 2.75) is 26.2 Å². The molecule has 2 rings (SSSR count). The molecule has 17 heavy (non-hydrogen) atoms. The van der Waals surface area contributed by atoms with E-state index in [2.05, 4.69) is 21.9 Å². The van der Waals surface area contributed by atoms with Crippen LogP contribution in [0.1, 0.15) is 30.4 Å². The monoisotopic (exact) mass is 245 g/mol. The number of aryl methyl sites for hydroxylation is 1. The maximum absolute atomic E-state index is 5.17. The number of hydrogen-bond acceptors (Lipinski definition) is 3. The van der Waals surface area contributed by atoms with Crippen LogP contribution in [0.4, 0.5) is 0 Å². The van der Waals surface area contributed by atoms with Crippen LogP contribution in [0.5, 0.6) is 0 Å². The summed E-state index contributed by atoms with van der Waals surface area (Å²) in [7, 11) is 0. The fraction of sp³-hybridized carbons (Fsp3) is 0.308. The van der Waals surface area contributed by atoms with Gasteiger partial charge in [0.2, 0.25) is 0 Å². The van der Waals surface area contributed by atoms with E-state index in [0.29, 0.717) is 4.64 Å². The number of rotatable bonds is 4. The highest BCUT2D eigenvalue weighted by atomic mass is 32.1. The molecule has 0 aromatic carbocycles. The second kappa shape index (κ2) is 5.68. The third kappa shape index (κ3) is 3.46. The molecule has 88 valence electrons. The fourth-order valence-corrected chi connectivity index (χ4v) is 2.00. The minimum atomic E-state index is 0.663. The van der Waals surface area contributed by atoms with Crippen LogP contribution in [0.3, 0.4) is 0 Å². The third-order valence-electron chi connectivity index (χ3n) is 2.49. The Balaban J connectivity index is 2.24. The summed E-state index contributed by atoms with van der Waals surface area (Å²) < 4.78 is 0.663. The van der Waals surface area contributed by atoms with Gasteiger partial charge in [-0.2, -0.15) is 0 Å². The van der Waals surface area contributed by atoms with Gasteiger partial charge in [-0.05, 0) is 30.2 Å². The lowest BCUT2D eigenvalue weighted by Crippen LogP contribution is -2.01. The van der Waals surface area contributed by atoms with Gasteiger partial charge in [0.05, 0.1) is 0 Å². The minimum Gasteiger partial charge on any atom is -0.347 e. The normalized spacial score (nSPS) is 10.4. The lowest BCUT2D eigenvalue weighted by Gasteiger charge is -2.05. The minimum absolute atomic E-state index is 0.663. The zero-order chi connectivity index (χ0) is 12.1. The highest BCUT2D eigenvalue weighted by molar-refractivity contribution is 7.71. The molecule has 0 aliphatic heterocycles. The van der Waals surface area contributed by atoms with Gasteiger partial charge in [0.25, 0.3) is 0 Å². The molecule has 2 aromatic heterocycles. The van der Waals surface area contributed by atoms with Crippen LogP contribution in [-0.2, 0) is 12.8 Å². The van der Waals surface area contributed by atoms with Crippen molar-refractivity contribution in [2.75, 3.05) is 0 Å².